The fourth-order valence-corrected chi connectivity index (χ4v) is 5.34. The van der Waals surface area contributed by atoms with Crippen molar-refractivity contribution in [1.82, 2.24) is 5.32 Å². The van der Waals surface area contributed by atoms with Crippen LogP contribution >= 0.6 is 15.9 Å². The molecule has 1 aliphatic rings. The number of hydrogen-bond acceptors (Lipinski definition) is 6. The van der Waals surface area contributed by atoms with E-state index in [4.69, 9.17) is 14.2 Å². The zero-order valence-electron chi connectivity index (χ0n) is 23.8. The van der Waals surface area contributed by atoms with E-state index in [1.54, 1.807) is 36.4 Å². The Morgan fingerprint density at radius 2 is 1.49 bits per heavy atom. The van der Waals surface area contributed by atoms with Crippen LogP contribution in [0.5, 0.6) is 17.2 Å². The van der Waals surface area contributed by atoms with E-state index in [1.165, 1.54) is 13.2 Å². The standard InChI is InChI=1S/C34H29BrN2O6/c1-21-13-22(2)15-25(14-21)20-43-31-29(35)17-24(18-30(31)41-3)16-28-32(38)36-34(40)37(33(28)39)26-9-11-27(12-10-26)42-19-23-7-5-4-6-8-23/h4-18H,19-20H2,1-3H3,(H,36,38,40)/b28-16+. The van der Waals surface area contributed by atoms with E-state index < -0.39 is 17.8 Å². The van der Waals surface area contributed by atoms with Gasteiger partial charge in [-0.1, -0.05) is 59.7 Å². The largest absolute Gasteiger partial charge is 0.493 e. The predicted molar refractivity (Wildman–Crippen MR) is 167 cm³/mol. The van der Waals surface area contributed by atoms with Crippen LogP contribution in [-0.4, -0.2) is 25.0 Å². The first-order chi connectivity index (χ1) is 20.7. The fraction of sp³-hybridized carbons (Fsp3) is 0.147. The van der Waals surface area contributed by atoms with E-state index in [0.29, 0.717) is 46.2 Å². The van der Waals surface area contributed by atoms with Crippen molar-refractivity contribution in [2.45, 2.75) is 27.1 Å². The monoisotopic (exact) mass is 640 g/mol. The number of carbonyl (C=O) groups is 3. The molecule has 0 spiro atoms. The first-order valence-corrected chi connectivity index (χ1v) is 14.3. The zero-order valence-corrected chi connectivity index (χ0v) is 25.4. The molecule has 0 unspecified atom stereocenters. The minimum absolute atomic E-state index is 0.207. The summed E-state index contributed by atoms with van der Waals surface area (Å²) in [4.78, 5) is 39.8. The van der Waals surface area contributed by atoms with Gasteiger partial charge >= 0.3 is 6.03 Å². The number of benzene rings is 4. The number of halogens is 1. The molecule has 0 atom stereocenters. The van der Waals surface area contributed by atoms with Crippen molar-refractivity contribution >= 4 is 45.5 Å². The molecular weight excluding hydrogens is 612 g/mol. The molecule has 1 aliphatic heterocycles. The summed E-state index contributed by atoms with van der Waals surface area (Å²) in [5.41, 5.74) is 4.89. The van der Waals surface area contributed by atoms with E-state index in [1.807, 2.05) is 44.2 Å². The van der Waals surface area contributed by atoms with E-state index in [0.717, 1.165) is 27.2 Å². The summed E-state index contributed by atoms with van der Waals surface area (Å²) < 4.78 is 18.0. The van der Waals surface area contributed by atoms with Gasteiger partial charge in [-0.3, -0.25) is 14.9 Å². The molecule has 218 valence electrons. The average molecular weight is 642 g/mol. The van der Waals surface area contributed by atoms with Crippen LogP contribution in [0.2, 0.25) is 0 Å². The second kappa shape index (κ2) is 13.0. The molecule has 1 fully saturated rings. The summed E-state index contributed by atoms with van der Waals surface area (Å²) in [6, 6.07) is 25.0. The first-order valence-electron chi connectivity index (χ1n) is 13.5. The molecule has 9 heteroatoms. The van der Waals surface area contributed by atoms with Crippen molar-refractivity contribution in [3.63, 3.8) is 0 Å². The first kappa shape index (κ1) is 29.6. The van der Waals surface area contributed by atoms with Crippen molar-refractivity contribution in [3.8, 4) is 17.2 Å². The van der Waals surface area contributed by atoms with Gasteiger partial charge in [-0.05, 0) is 88.9 Å². The molecule has 0 saturated carbocycles. The summed E-state index contributed by atoms with van der Waals surface area (Å²) in [6.45, 7) is 4.76. The van der Waals surface area contributed by atoms with E-state index in [-0.39, 0.29) is 5.57 Å². The van der Waals surface area contributed by atoms with Crippen molar-refractivity contribution in [1.29, 1.82) is 0 Å². The highest BCUT2D eigenvalue weighted by Gasteiger charge is 2.37. The number of aryl methyl sites for hydroxylation is 2. The lowest BCUT2D eigenvalue weighted by Gasteiger charge is -2.26. The van der Waals surface area contributed by atoms with Gasteiger partial charge in [-0.2, -0.15) is 0 Å². The summed E-state index contributed by atoms with van der Waals surface area (Å²) >= 11 is 3.53. The Morgan fingerprint density at radius 1 is 0.814 bits per heavy atom. The van der Waals surface area contributed by atoms with Gasteiger partial charge in [-0.15, -0.1) is 0 Å². The molecule has 0 radical (unpaired) electrons. The lowest BCUT2D eigenvalue weighted by molar-refractivity contribution is -0.122. The molecule has 8 nitrogen and oxygen atoms in total. The lowest BCUT2D eigenvalue weighted by Crippen LogP contribution is -2.54. The summed E-state index contributed by atoms with van der Waals surface area (Å²) in [5.74, 6) is -0.0831. The van der Waals surface area contributed by atoms with Crippen molar-refractivity contribution in [2.24, 2.45) is 0 Å². The highest BCUT2D eigenvalue weighted by Crippen LogP contribution is 2.38. The van der Waals surface area contributed by atoms with Gasteiger partial charge < -0.3 is 14.2 Å². The summed E-state index contributed by atoms with van der Waals surface area (Å²) in [6.07, 6.45) is 1.41. The minimum atomic E-state index is -0.834. The predicted octanol–water partition coefficient (Wildman–Crippen LogP) is 6.90. The Hall–Kier alpha value is -4.89. The number of methoxy groups -OCH3 is 1. The van der Waals surface area contributed by atoms with Crippen LogP contribution in [0.25, 0.3) is 6.08 Å². The molecule has 43 heavy (non-hydrogen) atoms. The highest BCUT2D eigenvalue weighted by atomic mass is 79.9. The molecule has 1 heterocycles. The van der Waals surface area contributed by atoms with Crippen molar-refractivity contribution in [3.05, 3.63) is 123 Å². The number of nitrogens with zero attached hydrogens (tertiary/aromatic N) is 1. The third-order valence-electron chi connectivity index (χ3n) is 6.67. The average Bonchev–Trinajstić information content (AvgIpc) is 2.98. The van der Waals surface area contributed by atoms with Crippen LogP contribution in [0.1, 0.15) is 27.8 Å². The number of ether oxygens (including phenoxy) is 3. The number of carbonyl (C=O) groups excluding carboxylic acids is 3. The number of barbiturate groups is 1. The van der Waals surface area contributed by atoms with Gasteiger partial charge in [0.2, 0.25) is 0 Å². The second-order valence-electron chi connectivity index (χ2n) is 10.0. The van der Waals surface area contributed by atoms with Gasteiger partial charge in [0.1, 0.15) is 24.5 Å². The molecule has 4 aromatic carbocycles. The molecule has 4 amide bonds. The van der Waals surface area contributed by atoms with E-state index >= 15 is 0 Å². The summed E-state index contributed by atoms with van der Waals surface area (Å²) in [7, 11) is 1.51. The second-order valence-corrected chi connectivity index (χ2v) is 10.9. The number of amides is 4. The number of urea groups is 1. The fourth-order valence-electron chi connectivity index (χ4n) is 4.76. The number of rotatable bonds is 9. The number of nitrogens with one attached hydrogen (secondary N) is 1. The van der Waals surface area contributed by atoms with Gasteiger partial charge in [0, 0.05) is 0 Å². The molecule has 0 aliphatic carbocycles. The third kappa shape index (κ3) is 6.95. The van der Waals surface area contributed by atoms with Gasteiger partial charge in [0.25, 0.3) is 11.8 Å². The maximum atomic E-state index is 13.4. The maximum absolute atomic E-state index is 13.4. The minimum Gasteiger partial charge on any atom is -0.493 e. The summed E-state index contributed by atoms with van der Waals surface area (Å²) in [5, 5.41) is 2.25. The highest BCUT2D eigenvalue weighted by molar-refractivity contribution is 9.10. The Bertz CT molecular complexity index is 1700. The van der Waals surface area contributed by atoms with E-state index in [9.17, 15) is 14.4 Å². The smallest absolute Gasteiger partial charge is 0.335 e. The molecule has 1 N–H and O–H groups in total. The number of anilines is 1. The molecular formula is C34H29BrN2O6. The van der Waals surface area contributed by atoms with Gasteiger partial charge in [0.15, 0.2) is 11.5 Å². The number of hydrogen-bond donors (Lipinski definition) is 1. The Morgan fingerprint density at radius 3 is 2.16 bits per heavy atom. The molecule has 5 rings (SSSR count). The molecule has 0 aromatic heterocycles. The van der Waals surface area contributed by atoms with Gasteiger partial charge in [-0.25, -0.2) is 9.69 Å². The van der Waals surface area contributed by atoms with Crippen molar-refractivity contribution in [2.75, 3.05) is 12.0 Å². The third-order valence-corrected chi connectivity index (χ3v) is 7.26. The van der Waals surface area contributed by atoms with E-state index in [2.05, 4.69) is 39.4 Å². The van der Waals surface area contributed by atoms with Gasteiger partial charge in [0.05, 0.1) is 17.3 Å². The molecule has 4 aromatic rings. The molecule has 0 bridgehead atoms. The zero-order chi connectivity index (χ0) is 30.5. The van der Waals surface area contributed by atoms with Crippen LogP contribution in [0, 0.1) is 13.8 Å². The normalized spacial score (nSPS) is 14.1. The maximum Gasteiger partial charge on any atom is 0.335 e. The SMILES string of the molecule is COc1cc(/C=C2\C(=O)NC(=O)N(c3ccc(OCc4ccccc4)cc3)C2=O)cc(Br)c1OCc1cc(C)cc(C)c1. The number of imide groups is 2. The van der Waals surface area contributed by atoms with Crippen molar-refractivity contribution < 1.29 is 28.6 Å². The van der Waals surface area contributed by atoms with Crippen LogP contribution in [0.3, 0.4) is 0 Å². The van der Waals surface area contributed by atoms with Crippen LogP contribution in [0.15, 0.2) is 95.0 Å². The Kier molecular flexibility index (Phi) is 8.92. The lowest BCUT2D eigenvalue weighted by atomic mass is 10.1. The van der Waals surface area contributed by atoms with Crippen LogP contribution in [-0.2, 0) is 22.8 Å². The topological polar surface area (TPSA) is 94.2 Å². The van der Waals surface area contributed by atoms with Crippen LogP contribution < -0.4 is 24.4 Å². The quantitative estimate of drug-likeness (QED) is 0.158. The Labute approximate surface area is 258 Å². The van der Waals surface area contributed by atoms with Crippen LogP contribution in [0.4, 0.5) is 10.5 Å². The molecule has 1 saturated heterocycles. The Balaban J connectivity index is 1.35.